The monoisotopic (exact) mass is 358 g/mol. The summed E-state index contributed by atoms with van der Waals surface area (Å²) in [5.41, 5.74) is 1.73. The van der Waals surface area contributed by atoms with Gasteiger partial charge in [0.1, 0.15) is 0 Å². The van der Waals surface area contributed by atoms with Gasteiger partial charge in [-0.2, -0.15) is 16.3 Å². The third-order valence-electron chi connectivity index (χ3n) is 3.37. The van der Waals surface area contributed by atoms with Crippen LogP contribution in [0.3, 0.4) is 0 Å². The van der Waals surface area contributed by atoms with E-state index < -0.39 is 5.97 Å². The summed E-state index contributed by atoms with van der Waals surface area (Å²) in [7, 11) is 1.45. The number of nitrogens with zero attached hydrogens (tertiary/aromatic N) is 2. The summed E-state index contributed by atoms with van der Waals surface area (Å²) >= 11 is 1.50. The average Bonchev–Trinajstić information content (AvgIpc) is 3.25. The van der Waals surface area contributed by atoms with Gasteiger partial charge in [-0.05, 0) is 35.2 Å². The second-order valence-electron chi connectivity index (χ2n) is 5.11. The first-order chi connectivity index (χ1) is 12.1. The summed E-state index contributed by atoms with van der Waals surface area (Å²) in [4.78, 5) is 15.4. The molecule has 0 spiro atoms. The van der Waals surface area contributed by atoms with E-state index in [0.29, 0.717) is 22.7 Å². The summed E-state index contributed by atoms with van der Waals surface area (Å²) in [5, 5.41) is 26.7. The van der Waals surface area contributed by atoms with Gasteiger partial charge in [-0.25, -0.2) is 0 Å². The lowest BCUT2D eigenvalue weighted by Gasteiger charge is -2.04. The normalized spacial score (nSPS) is 11.5. The number of phenolic OH excluding ortho intramolecular Hbond substituents is 1. The molecule has 7 nitrogen and oxygen atoms in total. The number of benzene rings is 1. The van der Waals surface area contributed by atoms with Crippen molar-refractivity contribution in [2.45, 2.75) is 6.42 Å². The quantitative estimate of drug-likeness (QED) is 0.694. The molecule has 0 amide bonds. The molecule has 1 aromatic carbocycles. The molecule has 2 heterocycles. The number of rotatable bonds is 6. The largest absolute Gasteiger partial charge is 0.504 e. The molecule has 2 N–H and O–H groups in total. The molecule has 0 fully saturated rings. The second kappa shape index (κ2) is 7.18. The molecule has 0 unspecified atom stereocenters. The summed E-state index contributed by atoms with van der Waals surface area (Å²) in [6, 6.07) is 6.60. The minimum Gasteiger partial charge on any atom is -0.504 e. The van der Waals surface area contributed by atoms with Crippen molar-refractivity contribution >= 4 is 29.0 Å². The number of carboxylic acid groups (broad SMARTS) is 1. The third kappa shape index (κ3) is 3.86. The second-order valence-corrected chi connectivity index (χ2v) is 5.89. The SMILES string of the molecule is COc1ccc(/C=C(\CC(=O)O)c2nc(-c3ccsc3)no2)cc1O. The molecule has 0 bridgehead atoms. The lowest BCUT2D eigenvalue weighted by molar-refractivity contribution is -0.135. The molecular formula is C17H14N2O5S. The molecule has 128 valence electrons. The van der Waals surface area contributed by atoms with Crippen LogP contribution >= 0.6 is 11.3 Å². The van der Waals surface area contributed by atoms with Crippen LogP contribution in [-0.4, -0.2) is 33.4 Å². The van der Waals surface area contributed by atoms with E-state index in [-0.39, 0.29) is 18.1 Å². The van der Waals surface area contributed by atoms with Crippen LogP contribution in [0.5, 0.6) is 11.5 Å². The Kier molecular flexibility index (Phi) is 4.80. The van der Waals surface area contributed by atoms with Gasteiger partial charge in [0.25, 0.3) is 5.89 Å². The lowest BCUT2D eigenvalue weighted by atomic mass is 10.1. The number of methoxy groups -OCH3 is 1. The Hall–Kier alpha value is -3.13. The summed E-state index contributed by atoms with van der Waals surface area (Å²) in [6.45, 7) is 0. The van der Waals surface area contributed by atoms with Crippen LogP contribution in [0, 0.1) is 0 Å². The predicted molar refractivity (Wildman–Crippen MR) is 92.4 cm³/mol. The molecule has 0 aliphatic heterocycles. The highest BCUT2D eigenvalue weighted by Gasteiger charge is 2.16. The smallest absolute Gasteiger partial charge is 0.308 e. The van der Waals surface area contributed by atoms with E-state index in [1.54, 1.807) is 18.2 Å². The summed E-state index contributed by atoms with van der Waals surface area (Å²) in [6.07, 6.45) is 1.29. The molecular weight excluding hydrogens is 344 g/mol. The number of phenols is 1. The van der Waals surface area contributed by atoms with E-state index in [4.69, 9.17) is 14.4 Å². The maximum atomic E-state index is 11.2. The fourth-order valence-corrected chi connectivity index (χ4v) is 2.85. The molecule has 0 saturated heterocycles. The van der Waals surface area contributed by atoms with Crippen molar-refractivity contribution in [3.63, 3.8) is 0 Å². The number of hydrogen-bond acceptors (Lipinski definition) is 7. The van der Waals surface area contributed by atoms with Crippen LogP contribution in [0.1, 0.15) is 17.9 Å². The van der Waals surface area contributed by atoms with E-state index in [9.17, 15) is 9.90 Å². The zero-order chi connectivity index (χ0) is 17.8. The molecule has 3 aromatic rings. The predicted octanol–water partition coefficient (Wildman–Crippen LogP) is 3.53. The zero-order valence-corrected chi connectivity index (χ0v) is 14.0. The summed E-state index contributed by atoms with van der Waals surface area (Å²) < 4.78 is 10.2. The van der Waals surface area contributed by atoms with Crippen LogP contribution in [0.4, 0.5) is 0 Å². The van der Waals surface area contributed by atoms with Crippen molar-refractivity contribution in [1.82, 2.24) is 10.1 Å². The van der Waals surface area contributed by atoms with Crippen molar-refractivity contribution < 1.29 is 24.3 Å². The Balaban J connectivity index is 1.97. The van der Waals surface area contributed by atoms with Gasteiger partial charge in [-0.3, -0.25) is 4.79 Å². The zero-order valence-electron chi connectivity index (χ0n) is 13.2. The summed E-state index contributed by atoms with van der Waals surface area (Å²) in [5.74, 6) is -0.229. The fraction of sp³-hybridized carbons (Fsp3) is 0.118. The standard InChI is InChI=1S/C17H14N2O5S/c1-23-14-3-2-10(7-13(14)20)6-12(8-15(21)22)17-18-16(19-24-17)11-4-5-25-9-11/h2-7,9,20H,8H2,1H3,(H,21,22)/b12-6+. The van der Waals surface area contributed by atoms with E-state index in [1.807, 2.05) is 16.8 Å². The minimum absolute atomic E-state index is 0.0459. The number of aromatic hydroxyl groups is 1. The maximum Gasteiger partial charge on any atom is 0.308 e. The highest BCUT2D eigenvalue weighted by atomic mass is 32.1. The molecule has 3 rings (SSSR count). The maximum absolute atomic E-state index is 11.2. The number of thiophene rings is 1. The van der Waals surface area contributed by atoms with E-state index in [0.717, 1.165) is 5.56 Å². The highest BCUT2D eigenvalue weighted by Crippen LogP contribution is 2.29. The van der Waals surface area contributed by atoms with E-state index >= 15 is 0 Å². The highest BCUT2D eigenvalue weighted by molar-refractivity contribution is 7.08. The van der Waals surface area contributed by atoms with E-state index in [1.165, 1.54) is 24.5 Å². The topological polar surface area (TPSA) is 106 Å². The molecule has 0 atom stereocenters. The van der Waals surface area contributed by atoms with Crippen LogP contribution in [0.2, 0.25) is 0 Å². The minimum atomic E-state index is -1.03. The molecule has 0 radical (unpaired) electrons. The van der Waals surface area contributed by atoms with Gasteiger partial charge in [0.2, 0.25) is 5.82 Å². The van der Waals surface area contributed by atoms with Gasteiger partial charge < -0.3 is 19.5 Å². The molecule has 2 aromatic heterocycles. The Morgan fingerprint density at radius 1 is 1.40 bits per heavy atom. The number of aromatic nitrogens is 2. The molecule has 25 heavy (non-hydrogen) atoms. The van der Waals surface area contributed by atoms with Crippen LogP contribution in [0.25, 0.3) is 23.0 Å². The van der Waals surface area contributed by atoms with E-state index in [2.05, 4.69) is 10.1 Å². The Morgan fingerprint density at radius 3 is 2.88 bits per heavy atom. The van der Waals surface area contributed by atoms with Crippen LogP contribution < -0.4 is 4.74 Å². The molecule has 8 heteroatoms. The Labute approximate surface area is 146 Å². The molecule has 0 aliphatic rings. The van der Waals surface area contributed by atoms with Gasteiger partial charge in [-0.1, -0.05) is 11.2 Å². The van der Waals surface area contributed by atoms with Crippen LogP contribution in [-0.2, 0) is 4.79 Å². The molecule has 0 aliphatic carbocycles. The number of carboxylic acids is 1. The number of ether oxygens (including phenoxy) is 1. The number of hydrogen-bond donors (Lipinski definition) is 2. The Bertz CT molecular complexity index is 915. The van der Waals surface area contributed by atoms with Crippen molar-refractivity contribution in [1.29, 1.82) is 0 Å². The van der Waals surface area contributed by atoms with Crippen molar-refractivity contribution in [3.05, 3.63) is 46.5 Å². The number of aliphatic carboxylic acids is 1. The van der Waals surface area contributed by atoms with Gasteiger partial charge in [-0.15, -0.1) is 0 Å². The third-order valence-corrected chi connectivity index (χ3v) is 4.05. The number of carbonyl (C=O) groups is 1. The van der Waals surface area contributed by atoms with Crippen molar-refractivity contribution in [3.8, 4) is 22.9 Å². The first-order valence-corrected chi connectivity index (χ1v) is 8.17. The van der Waals surface area contributed by atoms with Gasteiger partial charge >= 0.3 is 5.97 Å². The first kappa shape index (κ1) is 16.7. The van der Waals surface area contributed by atoms with Gasteiger partial charge in [0.05, 0.1) is 13.5 Å². The first-order valence-electron chi connectivity index (χ1n) is 7.23. The fourth-order valence-electron chi connectivity index (χ4n) is 2.21. The van der Waals surface area contributed by atoms with Crippen molar-refractivity contribution in [2.24, 2.45) is 0 Å². The van der Waals surface area contributed by atoms with Gasteiger partial charge in [0.15, 0.2) is 11.5 Å². The van der Waals surface area contributed by atoms with Crippen LogP contribution in [0.15, 0.2) is 39.5 Å². The molecule has 0 saturated carbocycles. The van der Waals surface area contributed by atoms with Gasteiger partial charge in [0, 0.05) is 16.5 Å². The van der Waals surface area contributed by atoms with Crippen molar-refractivity contribution in [2.75, 3.05) is 7.11 Å². The Morgan fingerprint density at radius 2 is 2.24 bits per heavy atom. The average molecular weight is 358 g/mol. The lowest BCUT2D eigenvalue weighted by Crippen LogP contribution is -1.97.